The minimum Gasteiger partial charge on any atom is -0.494 e. The smallest absolute Gasteiger partial charge is 0.119 e. The predicted octanol–water partition coefficient (Wildman–Crippen LogP) is 3.94. The third-order valence-electron chi connectivity index (χ3n) is 6.42. The summed E-state index contributed by atoms with van der Waals surface area (Å²) in [7, 11) is 0. The van der Waals surface area contributed by atoms with E-state index < -0.39 is 0 Å². The molecule has 3 rings (SSSR count). The highest BCUT2D eigenvalue weighted by molar-refractivity contribution is 5.33. The molecule has 0 saturated carbocycles. The van der Waals surface area contributed by atoms with E-state index in [9.17, 15) is 0 Å². The lowest BCUT2D eigenvalue weighted by molar-refractivity contribution is 0.0352. The van der Waals surface area contributed by atoms with Gasteiger partial charge in [0.2, 0.25) is 0 Å². The van der Waals surface area contributed by atoms with E-state index >= 15 is 0 Å². The zero-order valence-electron chi connectivity index (χ0n) is 17.4. The quantitative estimate of drug-likeness (QED) is 0.579. The molecule has 0 bridgehead atoms. The summed E-state index contributed by atoms with van der Waals surface area (Å²) in [4.78, 5) is 5.10. The van der Waals surface area contributed by atoms with Gasteiger partial charge in [-0.25, -0.2) is 0 Å². The second-order valence-electron chi connectivity index (χ2n) is 8.13. The van der Waals surface area contributed by atoms with E-state index in [1.54, 1.807) is 0 Å². The van der Waals surface area contributed by atoms with E-state index in [1.165, 1.54) is 38.0 Å². The molecule has 27 heavy (non-hydrogen) atoms. The molecule has 2 aliphatic rings. The van der Waals surface area contributed by atoms with E-state index in [-0.39, 0.29) is 5.41 Å². The second kappa shape index (κ2) is 10.4. The predicted molar refractivity (Wildman–Crippen MR) is 112 cm³/mol. The van der Waals surface area contributed by atoms with Gasteiger partial charge in [-0.15, -0.1) is 0 Å². The van der Waals surface area contributed by atoms with Gasteiger partial charge in [0.15, 0.2) is 0 Å². The second-order valence-corrected chi connectivity index (χ2v) is 8.13. The van der Waals surface area contributed by atoms with Crippen molar-refractivity contribution in [2.24, 2.45) is 0 Å². The van der Waals surface area contributed by atoms with Crippen molar-refractivity contribution in [1.29, 1.82) is 0 Å². The lowest BCUT2D eigenvalue weighted by Crippen LogP contribution is -2.44. The number of likely N-dealkylation sites (N-methyl/N-ethyl adjacent to an activating group) is 1. The summed E-state index contributed by atoms with van der Waals surface area (Å²) < 4.78 is 11.7. The van der Waals surface area contributed by atoms with Crippen LogP contribution in [-0.2, 0) is 10.2 Å². The molecule has 0 N–H and O–H groups in total. The Morgan fingerprint density at radius 3 is 2.33 bits per heavy atom. The number of hydrogen-bond acceptors (Lipinski definition) is 4. The van der Waals surface area contributed by atoms with Gasteiger partial charge < -0.3 is 19.3 Å². The fourth-order valence-corrected chi connectivity index (χ4v) is 4.56. The highest BCUT2D eigenvalue weighted by Crippen LogP contribution is 2.36. The first-order chi connectivity index (χ1) is 13.3. The van der Waals surface area contributed by atoms with E-state index in [4.69, 9.17) is 9.47 Å². The monoisotopic (exact) mass is 374 g/mol. The van der Waals surface area contributed by atoms with Crippen molar-refractivity contribution in [2.75, 3.05) is 59.1 Å². The zero-order chi connectivity index (χ0) is 19.0. The molecule has 0 aliphatic carbocycles. The Kier molecular flexibility index (Phi) is 7.98. The molecule has 2 saturated heterocycles. The molecule has 0 amide bonds. The van der Waals surface area contributed by atoms with Crippen molar-refractivity contribution in [3.8, 4) is 5.75 Å². The van der Waals surface area contributed by atoms with Crippen LogP contribution < -0.4 is 4.74 Å². The fraction of sp³-hybridized carbons (Fsp3) is 0.739. The molecule has 0 radical (unpaired) electrons. The summed E-state index contributed by atoms with van der Waals surface area (Å²) in [6.45, 7) is 14.1. The molecule has 0 aromatic heterocycles. The molecule has 2 heterocycles. The molecular weight excluding hydrogens is 336 g/mol. The lowest BCUT2D eigenvalue weighted by atomic mass is 9.73. The van der Waals surface area contributed by atoms with E-state index in [2.05, 4.69) is 47.9 Å². The first-order valence-electron chi connectivity index (χ1n) is 11.0. The van der Waals surface area contributed by atoms with Gasteiger partial charge in [-0.05, 0) is 76.0 Å². The highest BCUT2D eigenvalue weighted by Gasteiger charge is 2.35. The summed E-state index contributed by atoms with van der Waals surface area (Å²) in [6.07, 6.45) is 6.06. The number of rotatable bonds is 10. The zero-order valence-corrected chi connectivity index (χ0v) is 17.4. The van der Waals surface area contributed by atoms with Gasteiger partial charge in [0.1, 0.15) is 5.75 Å². The van der Waals surface area contributed by atoms with Crippen LogP contribution in [0.2, 0.25) is 0 Å². The summed E-state index contributed by atoms with van der Waals surface area (Å²) in [5.74, 6) is 1.00. The first-order valence-corrected chi connectivity index (χ1v) is 11.0. The minimum atomic E-state index is 0.221. The van der Waals surface area contributed by atoms with Crippen molar-refractivity contribution in [2.45, 2.75) is 51.4 Å². The van der Waals surface area contributed by atoms with Gasteiger partial charge in [-0.2, -0.15) is 0 Å². The Morgan fingerprint density at radius 2 is 1.70 bits per heavy atom. The van der Waals surface area contributed by atoms with Crippen LogP contribution in [-0.4, -0.2) is 68.9 Å². The maximum absolute atomic E-state index is 6.00. The van der Waals surface area contributed by atoms with Crippen molar-refractivity contribution in [3.63, 3.8) is 0 Å². The largest absolute Gasteiger partial charge is 0.494 e. The molecule has 4 nitrogen and oxygen atoms in total. The van der Waals surface area contributed by atoms with Crippen LogP contribution in [0, 0.1) is 0 Å². The maximum atomic E-state index is 6.00. The van der Waals surface area contributed by atoms with Crippen LogP contribution in [0.5, 0.6) is 5.75 Å². The molecule has 2 fully saturated rings. The van der Waals surface area contributed by atoms with E-state index in [0.29, 0.717) is 0 Å². The molecule has 1 aromatic carbocycles. The topological polar surface area (TPSA) is 24.9 Å². The van der Waals surface area contributed by atoms with Crippen molar-refractivity contribution in [1.82, 2.24) is 9.80 Å². The molecule has 0 spiro atoms. The molecule has 0 atom stereocenters. The molecule has 2 aliphatic heterocycles. The minimum absolute atomic E-state index is 0.221. The Hall–Kier alpha value is -1.10. The summed E-state index contributed by atoms with van der Waals surface area (Å²) in [5, 5.41) is 0. The maximum Gasteiger partial charge on any atom is 0.119 e. The van der Waals surface area contributed by atoms with Crippen molar-refractivity contribution in [3.05, 3.63) is 29.8 Å². The Morgan fingerprint density at radius 1 is 1.04 bits per heavy atom. The van der Waals surface area contributed by atoms with Crippen LogP contribution in [0.1, 0.15) is 51.5 Å². The fourth-order valence-electron chi connectivity index (χ4n) is 4.56. The number of likely N-dealkylation sites (tertiary alicyclic amines) is 1. The summed E-state index contributed by atoms with van der Waals surface area (Å²) in [6, 6.07) is 8.94. The molecule has 4 heteroatoms. The SMILES string of the molecule is CCN(CC)CC1(c2ccc(OCCCN3CCCC3)cc2)CCOCC1. The Bertz CT molecular complexity index is 530. The summed E-state index contributed by atoms with van der Waals surface area (Å²) in [5.41, 5.74) is 1.67. The first kappa shape index (κ1) is 20.6. The molecular formula is C23H38N2O2. The van der Waals surface area contributed by atoms with Gasteiger partial charge in [0.25, 0.3) is 0 Å². The Balaban J connectivity index is 1.55. The normalized spacial score (nSPS) is 20.3. The number of hydrogen-bond donors (Lipinski definition) is 0. The number of benzene rings is 1. The molecule has 1 aromatic rings. The highest BCUT2D eigenvalue weighted by atomic mass is 16.5. The van der Waals surface area contributed by atoms with Crippen molar-refractivity contribution >= 4 is 0 Å². The lowest BCUT2D eigenvalue weighted by Gasteiger charge is -2.41. The van der Waals surface area contributed by atoms with E-state index in [0.717, 1.165) is 64.5 Å². The van der Waals surface area contributed by atoms with Crippen molar-refractivity contribution < 1.29 is 9.47 Å². The van der Waals surface area contributed by atoms with Gasteiger partial charge in [0.05, 0.1) is 6.61 Å². The van der Waals surface area contributed by atoms with Gasteiger partial charge in [0, 0.05) is 31.7 Å². The molecule has 0 unspecified atom stereocenters. The summed E-state index contributed by atoms with van der Waals surface area (Å²) >= 11 is 0. The van der Waals surface area contributed by atoms with Crippen LogP contribution >= 0.6 is 0 Å². The van der Waals surface area contributed by atoms with Crippen LogP contribution in [0.4, 0.5) is 0 Å². The Labute approximate surface area is 165 Å². The van der Waals surface area contributed by atoms with Crippen LogP contribution in [0.15, 0.2) is 24.3 Å². The number of ether oxygens (including phenoxy) is 2. The number of nitrogens with zero attached hydrogens (tertiary/aromatic N) is 2. The van der Waals surface area contributed by atoms with Crippen LogP contribution in [0.3, 0.4) is 0 Å². The average Bonchev–Trinajstić information content (AvgIpc) is 3.24. The van der Waals surface area contributed by atoms with Gasteiger partial charge in [-0.3, -0.25) is 0 Å². The molecule has 152 valence electrons. The standard InChI is InChI=1S/C23H38N2O2/c1-3-24(4-2)20-23(12-18-26-19-13-23)21-8-10-22(11-9-21)27-17-7-16-25-14-5-6-15-25/h8-11H,3-7,12-20H2,1-2H3. The third kappa shape index (κ3) is 5.69. The van der Waals surface area contributed by atoms with Crippen LogP contribution in [0.25, 0.3) is 0 Å². The average molecular weight is 375 g/mol. The van der Waals surface area contributed by atoms with E-state index in [1.807, 2.05) is 0 Å². The third-order valence-corrected chi connectivity index (χ3v) is 6.42. The van der Waals surface area contributed by atoms with Gasteiger partial charge in [-0.1, -0.05) is 26.0 Å². The van der Waals surface area contributed by atoms with Gasteiger partial charge >= 0.3 is 0 Å².